The van der Waals surface area contributed by atoms with Gasteiger partial charge in [0.25, 0.3) is 11.6 Å². The van der Waals surface area contributed by atoms with Crippen molar-refractivity contribution in [2.75, 3.05) is 9.96 Å². The summed E-state index contributed by atoms with van der Waals surface area (Å²) in [4.78, 5) is 45.3. The van der Waals surface area contributed by atoms with Crippen LogP contribution in [0.5, 0.6) is 0 Å². The lowest BCUT2D eigenvalue weighted by atomic mass is 9.89. The highest BCUT2D eigenvalue weighted by Crippen LogP contribution is 2.49. The van der Waals surface area contributed by atoms with E-state index in [-0.39, 0.29) is 5.69 Å². The first-order chi connectivity index (χ1) is 15.5. The van der Waals surface area contributed by atoms with Crippen molar-refractivity contribution >= 4 is 28.9 Å². The molecule has 8 nitrogen and oxygen atoms in total. The minimum absolute atomic E-state index is 0.128. The van der Waals surface area contributed by atoms with Gasteiger partial charge in [-0.3, -0.25) is 24.5 Å². The summed E-state index contributed by atoms with van der Waals surface area (Å²) in [6, 6.07) is 21.4. The van der Waals surface area contributed by atoms with Crippen molar-refractivity contribution < 1.29 is 19.3 Å². The first kappa shape index (κ1) is 19.9. The lowest BCUT2D eigenvalue weighted by molar-refractivity contribution is -0.385. The van der Waals surface area contributed by atoms with Crippen LogP contribution in [-0.2, 0) is 14.4 Å². The van der Waals surface area contributed by atoms with Gasteiger partial charge in [-0.2, -0.15) is 0 Å². The summed E-state index contributed by atoms with van der Waals surface area (Å²) in [5.41, 5.74) is 2.25. The molecule has 2 heterocycles. The number of rotatable bonds is 4. The zero-order chi connectivity index (χ0) is 22.4. The fourth-order valence-corrected chi connectivity index (χ4v) is 4.38. The van der Waals surface area contributed by atoms with E-state index < -0.39 is 34.8 Å². The molecule has 160 valence electrons. The fraction of sp³-hybridized carbons (Fsp3) is 0.167. The molecule has 3 aromatic rings. The van der Waals surface area contributed by atoms with E-state index in [0.29, 0.717) is 16.9 Å². The molecule has 0 saturated carbocycles. The molecule has 2 fully saturated rings. The molecule has 0 bridgehead atoms. The molecule has 2 saturated heterocycles. The molecule has 0 N–H and O–H groups in total. The largest absolute Gasteiger partial charge is 0.274 e. The van der Waals surface area contributed by atoms with Crippen LogP contribution in [0.1, 0.15) is 17.2 Å². The highest BCUT2D eigenvalue weighted by molar-refractivity contribution is 6.24. The molecular weight excluding hydrogens is 410 g/mol. The molecule has 3 atom stereocenters. The first-order valence-corrected chi connectivity index (χ1v) is 10.2. The standard InChI is InChI=1S/C24H19N3O5/c1-15-11-13-16(14-12-15)25-23(28)20-21(18-9-5-6-10-19(18)27(30)31)26(32-22(20)24(25)29)17-7-3-2-4-8-17/h2-14,20-22H,1H3/t20-,21+,22-/m0/s1. The highest BCUT2D eigenvalue weighted by Gasteiger charge is 2.61. The molecule has 0 aliphatic carbocycles. The second-order valence-corrected chi connectivity index (χ2v) is 7.82. The van der Waals surface area contributed by atoms with E-state index >= 15 is 0 Å². The number of fused-ring (bicyclic) bond motifs is 1. The van der Waals surface area contributed by atoms with Crippen LogP contribution in [0.25, 0.3) is 0 Å². The number of carbonyl (C=O) groups is 2. The third-order valence-electron chi connectivity index (χ3n) is 5.87. The van der Waals surface area contributed by atoms with Gasteiger partial charge in [-0.25, -0.2) is 9.96 Å². The van der Waals surface area contributed by atoms with Crippen LogP contribution >= 0.6 is 0 Å². The minimum Gasteiger partial charge on any atom is -0.273 e. The number of hydroxylamine groups is 1. The maximum atomic E-state index is 13.6. The normalized spacial score (nSPS) is 22.3. The maximum Gasteiger partial charge on any atom is 0.274 e. The summed E-state index contributed by atoms with van der Waals surface area (Å²) in [5.74, 6) is -1.85. The first-order valence-electron chi connectivity index (χ1n) is 10.2. The van der Waals surface area contributed by atoms with E-state index in [9.17, 15) is 19.7 Å². The van der Waals surface area contributed by atoms with E-state index in [2.05, 4.69) is 0 Å². The number of nitro groups is 1. The zero-order valence-corrected chi connectivity index (χ0v) is 17.1. The number of hydrogen-bond donors (Lipinski definition) is 0. The van der Waals surface area contributed by atoms with E-state index in [4.69, 9.17) is 4.84 Å². The number of imide groups is 1. The summed E-state index contributed by atoms with van der Waals surface area (Å²) >= 11 is 0. The molecule has 0 radical (unpaired) electrons. The van der Waals surface area contributed by atoms with Crippen molar-refractivity contribution in [2.45, 2.75) is 19.1 Å². The number of para-hydroxylation sites is 2. The van der Waals surface area contributed by atoms with Gasteiger partial charge in [0.2, 0.25) is 5.91 Å². The van der Waals surface area contributed by atoms with Gasteiger partial charge >= 0.3 is 0 Å². The van der Waals surface area contributed by atoms with Crippen LogP contribution in [-0.4, -0.2) is 22.8 Å². The van der Waals surface area contributed by atoms with Gasteiger partial charge in [0, 0.05) is 6.07 Å². The number of carbonyl (C=O) groups excluding carboxylic acids is 2. The van der Waals surface area contributed by atoms with Crippen molar-refractivity contribution in [1.82, 2.24) is 0 Å². The summed E-state index contributed by atoms with van der Waals surface area (Å²) in [7, 11) is 0. The van der Waals surface area contributed by atoms with Crippen LogP contribution in [0.2, 0.25) is 0 Å². The van der Waals surface area contributed by atoms with Crippen molar-refractivity contribution in [2.24, 2.45) is 5.92 Å². The number of aryl methyl sites for hydroxylation is 1. The van der Waals surface area contributed by atoms with Gasteiger partial charge in [0.1, 0.15) is 12.0 Å². The molecule has 8 heteroatoms. The molecular formula is C24H19N3O5. The number of nitro benzene ring substituents is 1. The van der Waals surface area contributed by atoms with E-state index in [1.807, 2.05) is 25.1 Å². The minimum atomic E-state index is -1.08. The van der Waals surface area contributed by atoms with Crippen molar-refractivity contribution in [3.05, 3.63) is 100 Å². The van der Waals surface area contributed by atoms with Gasteiger partial charge in [-0.15, -0.1) is 0 Å². The van der Waals surface area contributed by atoms with E-state index in [1.165, 1.54) is 11.1 Å². The Bertz CT molecular complexity index is 1210. The molecule has 0 spiro atoms. The molecule has 2 aliphatic rings. The molecule has 0 unspecified atom stereocenters. The average Bonchev–Trinajstić information content (AvgIpc) is 3.31. The number of benzene rings is 3. The SMILES string of the molecule is Cc1ccc(N2C(=O)[C@@H]3[C@H](ON(c4ccccc4)[C@@H]3c3ccccc3[N+](=O)[O-])C2=O)cc1. The molecule has 5 rings (SSSR count). The second kappa shape index (κ2) is 7.58. The van der Waals surface area contributed by atoms with Crippen LogP contribution in [0, 0.1) is 23.0 Å². The Morgan fingerprint density at radius 1 is 0.844 bits per heavy atom. The third kappa shape index (κ3) is 3.04. The van der Waals surface area contributed by atoms with Crippen LogP contribution in [0.15, 0.2) is 78.9 Å². The molecule has 32 heavy (non-hydrogen) atoms. The smallest absolute Gasteiger partial charge is 0.273 e. The van der Waals surface area contributed by atoms with Gasteiger partial charge in [0.15, 0.2) is 6.10 Å². The predicted octanol–water partition coefficient (Wildman–Crippen LogP) is 3.95. The number of anilines is 2. The summed E-state index contributed by atoms with van der Waals surface area (Å²) in [6.07, 6.45) is -1.08. The van der Waals surface area contributed by atoms with Gasteiger partial charge in [-0.1, -0.05) is 48.0 Å². The Morgan fingerprint density at radius 3 is 2.19 bits per heavy atom. The Morgan fingerprint density at radius 2 is 1.50 bits per heavy atom. The summed E-state index contributed by atoms with van der Waals surface area (Å²) < 4.78 is 0. The van der Waals surface area contributed by atoms with Crippen molar-refractivity contribution in [3.63, 3.8) is 0 Å². The van der Waals surface area contributed by atoms with Gasteiger partial charge < -0.3 is 0 Å². The van der Waals surface area contributed by atoms with E-state index in [1.54, 1.807) is 54.6 Å². The van der Waals surface area contributed by atoms with E-state index in [0.717, 1.165) is 10.5 Å². The quantitative estimate of drug-likeness (QED) is 0.354. The topological polar surface area (TPSA) is 93.0 Å². The zero-order valence-electron chi connectivity index (χ0n) is 17.1. The number of hydrogen-bond acceptors (Lipinski definition) is 6. The number of amides is 2. The highest BCUT2D eigenvalue weighted by atomic mass is 16.7. The Labute approximate surface area is 183 Å². The summed E-state index contributed by atoms with van der Waals surface area (Å²) in [6.45, 7) is 1.91. The van der Waals surface area contributed by atoms with Gasteiger partial charge in [0.05, 0.1) is 21.9 Å². The Balaban J connectivity index is 1.63. The third-order valence-corrected chi connectivity index (χ3v) is 5.87. The monoisotopic (exact) mass is 429 g/mol. The maximum absolute atomic E-state index is 13.6. The molecule has 3 aromatic carbocycles. The average molecular weight is 429 g/mol. The van der Waals surface area contributed by atoms with Crippen molar-refractivity contribution in [1.29, 1.82) is 0 Å². The molecule has 2 aliphatic heterocycles. The second-order valence-electron chi connectivity index (χ2n) is 7.82. The lowest BCUT2D eigenvalue weighted by Crippen LogP contribution is -2.37. The summed E-state index contributed by atoms with van der Waals surface area (Å²) in [5, 5.41) is 13.2. The van der Waals surface area contributed by atoms with Crippen LogP contribution < -0.4 is 9.96 Å². The van der Waals surface area contributed by atoms with Crippen LogP contribution in [0.4, 0.5) is 17.1 Å². The predicted molar refractivity (Wildman–Crippen MR) is 117 cm³/mol. The molecule has 0 aromatic heterocycles. The number of nitrogens with zero attached hydrogens (tertiary/aromatic N) is 3. The Kier molecular flexibility index (Phi) is 4.71. The lowest BCUT2D eigenvalue weighted by Gasteiger charge is -2.28. The van der Waals surface area contributed by atoms with Crippen LogP contribution in [0.3, 0.4) is 0 Å². The van der Waals surface area contributed by atoms with Crippen molar-refractivity contribution in [3.8, 4) is 0 Å². The Hall–Kier alpha value is -4.04. The van der Waals surface area contributed by atoms with Gasteiger partial charge in [-0.05, 0) is 37.3 Å². The molecule has 2 amide bonds. The fourth-order valence-electron chi connectivity index (χ4n) is 4.38.